The van der Waals surface area contributed by atoms with Gasteiger partial charge >= 0.3 is 0 Å². The summed E-state index contributed by atoms with van der Waals surface area (Å²) in [5, 5.41) is 27.3. The van der Waals surface area contributed by atoms with Crippen LogP contribution in [0.1, 0.15) is 11.1 Å². The molecule has 0 fully saturated rings. The van der Waals surface area contributed by atoms with Crippen LogP contribution in [0.5, 0.6) is 0 Å². The first-order valence-corrected chi connectivity index (χ1v) is 18.3. The van der Waals surface area contributed by atoms with Gasteiger partial charge in [-0.15, -0.1) is 0 Å². The minimum atomic E-state index is 0.609. The van der Waals surface area contributed by atoms with Gasteiger partial charge in [0.1, 0.15) is 0 Å². The maximum Gasteiger partial charge on any atom is 0.0998 e. The molecule has 0 radical (unpaired) electrons. The van der Waals surface area contributed by atoms with Gasteiger partial charge in [0.15, 0.2) is 0 Å². The van der Waals surface area contributed by atoms with Gasteiger partial charge in [0.25, 0.3) is 0 Å². The third-order valence-electron chi connectivity index (χ3n) is 11.1. The number of fused-ring (bicyclic) bond motifs is 9. The van der Waals surface area contributed by atoms with Crippen LogP contribution in [0, 0.1) is 22.7 Å². The lowest BCUT2D eigenvalue weighted by Gasteiger charge is -2.13. The van der Waals surface area contributed by atoms with Gasteiger partial charge in [-0.25, -0.2) is 0 Å². The van der Waals surface area contributed by atoms with Crippen molar-refractivity contribution in [1.82, 2.24) is 13.7 Å². The SMILES string of the molecule is N#Cc1ccc2c3cc(-n4c5ccccc5c5ccccc54)ccc3n(-c3ccc(-c4ccc(-n5c6ccccc6c6ccccc65)cc4C#N)cc3)c2c1. The number of hydrogen-bond acceptors (Lipinski definition) is 2. The van der Waals surface area contributed by atoms with Gasteiger partial charge in [-0.05, 0) is 90.0 Å². The molecule has 0 aliphatic rings. The van der Waals surface area contributed by atoms with Gasteiger partial charge in [0, 0.05) is 49.4 Å². The summed E-state index contributed by atoms with van der Waals surface area (Å²) in [6, 6.07) is 65.9. The maximum atomic E-state index is 10.4. The van der Waals surface area contributed by atoms with Gasteiger partial charge in [0.2, 0.25) is 0 Å². The van der Waals surface area contributed by atoms with E-state index in [0.29, 0.717) is 11.1 Å². The molecule has 11 aromatic rings. The Bertz CT molecular complexity index is 3350. The van der Waals surface area contributed by atoms with Gasteiger partial charge in [-0.1, -0.05) is 97.1 Å². The number of para-hydroxylation sites is 4. The summed E-state index contributed by atoms with van der Waals surface area (Å²) in [6.45, 7) is 0. The Morgan fingerprint density at radius 3 is 1.33 bits per heavy atom. The molecule has 11 rings (SSSR count). The number of aromatic nitrogens is 3. The molecule has 0 amide bonds. The van der Waals surface area contributed by atoms with Crippen LogP contribution in [-0.2, 0) is 0 Å². The van der Waals surface area contributed by atoms with Crippen LogP contribution in [0.4, 0.5) is 0 Å². The smallest absolute Gasteiger partial charge is 0.0998 e. The highest BCUT2D eigenvalue weighted by Gasteiger charge is 2.18. The predicted molar refractivity (Wildman–Crippen MR) is 224 cm³/mol. The number of hydrogen-bond donors (Lipinski definition) is 0. The minimum absolute atomic E-state index is 0.609. The molecular weight excluding hydrogens is 671 g/mol. The molecule has 0 spiro atoms. The second kappa shape index (κ2) is 11.8. The Labute approximate surface area is 316 Å². The van der Waals surface area contributed by atoms with E-state index in [4.69, 9.17) is 0 Å². The normalized spacial score (nSPS) is 11.6. The zero-order valence-corrected chi connectivity index (χ0v) is 29.5. The van der Waals surface area contributed by atoms with Crippen LogP contribution in [0.15, 0.2) is 176 Å². The van der Waals surface area contributed by atoms with Crippen LogP contribution < -0.4 is 0 Å². The van der Waals surface area contributed by atoms with Gasteiger partial charge in [-0.3, -0.25) is 0 Å². The zero-order chi connectivity index (χ0) is 36.6. The van der Waals surface area contributed by atoms with Crippen LogP contribution in [0.3, 0.4) is 0 Å². The van der Waals surface area contributed by atoms with Crippen molar-refractivity contribution in [2.45, 2.75) is 0 Å². The summed E-state index contributed by atoms with van der Waals surface area (Å²) >= 11 is 0. The van der Waals surface area contributed by atoms with E-state index in [1.807, 2.05) is 18.2 Å². The zero-order valence-electron chi connectivity index (χ0n) is 29.5. The van der Waals surface area contributed by atoms with Crippen molar-refractivity contribution in [3.05, 3.63) is 187 Å². The fourth-order valence-electron chi connectivity index (χ4n) is 8.70. The van der Waals surface area contributed by atoms with E-state index in [1.54, 1.807) is 0 Å². The van der Waals surface area contributed by atoms with Crippen molar-refractivity contribution in [3.63, 3.8) is 0 Å². The van der Waals surface area contributed by atoms with Crippen LogP contribution >= 0.6 is 0 Å². The molecule has 0 atom stereocenters. The molecule has 0 aliphatic carbocycles. The first-order valence-electron chi connectivity index (χ1n) is 18.3. The lowest BCUT2D eigenvalue weighted by molar-refractivity contribution is 1.16. The van der Waals surface area contributed by atoms with E-state index < -0.39 is 0 Å². The third-order valence-corrected chi connectivity index (χ3v) is 11.1. The predicted octanol–water partition coefficient (Wildman–Crippen LogP) is 12.4. The molecule has 0 bridgehead atoms. The second-order valence-electron chi connectivity index (χ2n) is 14.0. The van der Waals surface area contributed by atoms with E-state index in [9.17, 15) is 10.5 Å². The average molecular weight is 700 g/mol. The minimum Gasteiger partial charge on any atom is -0.309 e. The largest absolute Gasteiger partial charge is 0.309 e. The Morgan fingerprint density at radius 1 is 0.327 bits per heavy atom. The van der Waals surface area contributed by atoms with E-state index in [-0.39, 0.29) is 0 Å². The Balaban J connectivity index is 1.04. The van der Waals surface area contributed by atoms with Gasteiger partial charge < -0.3 is 13.7 Å². The van der Waals surface area contributed by atoms with Crippen LogP contribution in [0.2, 0.25) is 0 Å². The molecule has 55 heavy (non-hydrogen) atoms. The lowest BCUT2D eigenvalue weighted by atomic mass is 9.99. The molecule has 8 aromatic carbocycles. The molecule has 0 saturated carbocycles. The van der Waals surface area contributed by atoms with Crippen molar-refractivity contribution in [3.8, 4) is 40.3 Å². The van der Waals surface area contributed by atoms with Gasteiger partial charge in [0.05, 0.1) is 56.4 Å². The Morgan fingerprint density at radius 2 is 0.782 bits per heavy atom. The highest BCUT2D eigenvalue weighted by atomic mass is 15.0. The Hall–Kier alpha value is -7.86. The summed E-state index contributed by atoms with van der Waals surface area (Å²) in [5.41, 5.74) is 12.6. The highest BCUT2D eigenvalue weighted by molar-refractivity contribution is 6.13. The number of rotatable bonds is 4. The second-order valence-corrected chi connectivity index (χ2v) is 14.0. The average Bonchev–Trinajstić information content (AvgIpc) is 3.89. The highest BCUT2D eigenvalue weighted by Crippen LogP contribution is 2.38. The lowest BCUT2D eigenvalue weighted by Crippen LogP contribution is -1.97. The first kappa shape index (κ1) is 30.7. The van der Waals surface area contributed by atoms with Crippen molar-refractivity contribution in [1.29, 1.82) is 10.5 Å². The van der Waals surface area contributed by atoms with E-state index in [0.717, 1.165) is 72.1 Å². The molecular formula is C50H29N5. The van der Waals surface area contributed by atoms with E-state index in [1.165, 1.54) is 21.5 Å². The molecule has 5 heteroatoms. The molecule has 254 valence electrons. The summed E-state index contributed by atoms with van der Waals surface area (Å²) in [6.07, 6.45) is 0. The van der Waals surface area contributed by atoms with E-state index >= 15 is 0 Å². The van der Waals surface area contributed by atoms with Crippen LogP contribution in [-0.4, -0.2) is 13.7 Å². The van der Waals surface area contributed by atoms with E-state index in [2.05, 4.69) is 184 Å². The molecule has 0 N–H and O–H groups in total. The third kappa shape index (κ3) is 4.51. The van der Waals surface area contributed by atoms with Crippen LogP contribution in [0.25, 0.3) is 93.6 Å². The summed E-state index contributed by atoms with van der Waals surface area (Å²) in [5.74, 6) is 0. The van der Waals surface area contributed by atoms with Crippen molar-refractivity contribution in [2.75, 3.05) is 0 Å². The van der Waals surface area contributed by atoms with Crippen molar-refractivity contribution >= 4 is 65.4 Å². The van der Waals surface area contributed by atoms with Gasteiger partial charge in [-0.2, -0.15) is 10.5 Å². The maximum absolute atomic E-state index is 10.4. The summed E-state index contributed by atoms with van der Waals surface area (Å²) < 4.78 is 6.81. The number of nitrogens with zero attached hydrogens (tertiary/aromatic N) is 5. The molecule has 3 heterocycles. The molecule has 5 nitrogen and oxygen atoms in total. The molecule has 3 aromatic heterocycles. The number of benzene rings is 8. The summed E-state index contributed by atoms with van der Waals surface area (Å²) in [4.78, 5) is 0. The molecule has 0 aliphatic heterocycles. The van der Waals surface area contributed by atoms with Crippen molar-refractivity contribution < 1.29 is 0 Å². The fourth-order valence-corrected chi connectivity index (χ4v) is 8.70. The molecule has 0 saturated heterocycles. The fraction of sp³-hybridized carbons (Fsp3) is 0. The first-order chi connectivity index (χ1) is 27.2. The quantitative estimate of drug-likeness (QED) is 0.184. The topological polar surface area (TPSA) is 62.4 Å². The monoisotopic (exact) mass is 699 g/mol. The standard InChI is InChI=1S/C50H29N5/c51-30-32-17-24-43-44-29-37(55-47-15-7-3-11-41(47)42-12-4-8-16-48(42)55)23-26-49(44)53(50(43)27-32)35-20-18-33(19-21-35)38-25-22-36(28-34(38)31-52)54-45-13-5-1-9-39(45)40-10-2-6-14-46(40)54/h1-29H. The number of nitriles is 2. The summed E-state index contributed by atoms with van der Waals surface area (Å²) in [7, 11) is 0. The van der Waals surface area contributed by atoms with Crippen molar-refractivity contribution in [2.24, 2.45) is 0 Å². The Kier molecular flexibility index (Phi) is 6.61. The molecule has 0 unspecified atom stereocenters.